The topological polar surface area (TPSA) is 50.4 Å². The first kappa shape index (κ1) is 13.4. The lowest BCUT2D eigenvalue weighted by Gasteiger charge is -2.12. The molecule has 1 aliphatic rings. The monoisotopic (exact) mass is 312 g/mol. The molecule has 4 nitrogen and oxygen atoms in total. The van der Waals surface area contributed by atoms with E-state index >= 15 is 0 Å². The number of ether oxygens (including phenoxy) is 1. The van der Waals surface area contributed by atoms with Gasteiger partial charge in [-0.05, 0) is 43.1 Å². The first-order chi connectivity index (χ1) is 8.70. The second-order valence-corrected chi connectivity index (χ2v) is 5.18. The molecule has 0 aliphatic carbocycles. The van der Waals surface area contributed by atoms with E-state index in [1.807, 2.05) is 18.2 Å². The largest absolute Gasteiger partial charge is 0.497 e. The molecule has 2 N–H and O–H groups in total. The fraction of sp³-hybridized carbons (Fsp3) is 0.462. The summed E-state index contributed by atoms with van der Waals surface area (Å²) in [7, 11) is 1.63. The van der Waals surface area contributed by atoms with E-state index in [1.54, 1.807) is 7.11 Å². The molecule has 1 fully saturated rings. The molecule has 0 radical (unpaired) electrons. The molecule has 18 heavy (non-hydrogen) atoms. The van der Waals surface area contributed by atoms with E-state index in [0.29, 0.717) is 6.54 Å². The van der Waals surface area contributed by atoms with Crippen LogP contribution < -0.4 is 15.4 Å². The van der Waals surface area contributed by atoms with Gasteiger partial charge in [-0.3, -0.25) is 4.79 Å². The molecule has 1 saturated heterocycles. The van der Waals surface area contributed by atoms with Gasteiger partial charge in [-0.15, -0.1) is 0 Å². The van der Waals surface area contributed by atoms with Gasteiger partial charge >= 0.3 is 0 Å². The van der Waals surface area contributed by atoms with Crippen LogP contribution in [0.3, 0.4) is 0 Å². The number of amides is 1. The standard InChI is InChI=1S/C13H17BrN2O2/c1-18-10-4-5-11(14)9(7-10)8-16-13(17)12-3-2-6-15-12/h4-5,7,12,15H,2-3,6,8H2,1H3,(H,16,17). The zero-order valence-electron chi connectivity index (χ0n) is 10.3. The van der Waals surface area contributed by atoms with Gasteiger partial charge in [0.25, 0.3) is 0 Å². The average molecular weight is 313 g/mol. The van der Waals surface area contributed by atoms with Crippen LogP contribution in [0.4, 0.5) is 0 Å². The molecule has 1 amide bonds. The van der Waals surface area contributed by atoms with Crippen LogP contribution in [0.5, 0.6) is 5.75 Å². The van der Waals surface area contributed by atoms with Gasteiger partial charge in [-0.25, -0.2) is 0 Å². The Morgan fingerprint density at radius 2 is 2.44 bits per heavy atom. The van der Waals surface area contributed by atoms with Gasteiger partial charge in [0, 0.05) is 11.0 Å². The van der Waals surface area contributed by atoms with E-state index in [1.165, 1.54) is 0 Å². The highest BCUT2D eigenvalue weighted by Gasteiger charge is 2.21. The van der Waals surface area contributed by atoms with Gasteiger partial charge in [0.15, 0.2) is 0 Å². The number of carbonyl (C=O) groups is 1. The average Bonchev–Trinajstić information content (AvgIpc) is 2.91. The summed E-state index contributed by atoms with van der Waals surface area (Å²) in [5.74, 6) is 0.865. The van der Waals surface area contributed by atoms with Crippen LogP contribution in [0.25, 0.3) is 0 Å². The number of carbonyl (C=O) groups excluding carboxylic acids is 1. The Labute approximate surface area is 115 Å². The van der Waals surface area contributed by atoms with Crippen molar-refractivity contribution >= 4 is 21.8 Å². The lowest BCUT2D eigenvalue weighted by Crippen LogP contribution is -2.40. The number of hydrogen-bond donors (Lipinski definition) is 2. The maximum Gasteiger partial charge on any atom is 0.237 e. The smallest absolute Gasteiger partial charge is 0.237 e. The van der Waals surface area contributed by atoms with Gasteiger partial charge < -0.3 is 15.4 Å². The summed E-state index contributed by atoms with van der Waals surface area (Å²) in [6.45, 7) is 1.44. The summed E-state index contributed by atoms with van der Waals surface area (Å²) >= 11 is 3.47. The van der Waals surface area contributed by atoms with Crippen molar-refractivity contribution in [2.75, 3.05) is 13.7 Å². The third-order valence-corrected chi connectivity index (χ3v) is 3.86. The SMILES string of the molecule is COc1ccc(Br)c(CNC(=O)C2CCCN2)c1. The third kappa shape index (κ3) is 3.23. The zero-order chi connectivity index (χ0) is 13.0. The predicted octanol–water partition coefficient (Wildman–Crippen LogP) is 1.83. The van der Waals surface area contributed by atoms with Crippen molar-refractivity contribution in [3.8, 4) is 5.75 Å². The molecule has 5 heteroatoms. The molecule has 0 spiro atoms. The number of rotatable bonds is 4. The highest BCUT2D eigenvalue weighted by Crippen LogP contribution is 2.22. The minimum Gasteiger partial charge on any atom is -0.497 e. The molecule has 98 valence electrons. The highest BCUT2D eigenvalue weighted by atomic mass is 79.9. The molecule has 0 saturated carbocycles. The van der Waals surface area contributed by atoms with Crippen LogP contribution in [0.1, 0.15) is 18.4 Å². The zero-order valence-corrected chi connectivity index (χ0v) is 11.9. The second kappa shape index (κ2) is 6.20. The fourth-order valence-electron chi connectivity index (χ4n) is 2.03. The normalized spacial score (nSPS) is 18.7. The van der Waals surface area contributed by atoms with Gasteiger partial charge in [0.2, 0.25) is 5.91 Å². The van der Waals surface area contributed by atoms with Crippen molar-refractivity contribution in [3.63, 3.8) is 0 Å². The summed E-state index contributed by atoms with van der Waals surface area (Å²) < 4.78 is 6.15. The number of halogens is 1. The van der Waals surface area contributed by atoms with E-state index < -0.39 is 0 Å². The van der Waals surface area contributed by atoms with Crippen molar-refractivity contribution in [2.45, 2.75) is 25.4 Å². The summed E-state index contributed by atoms with van der Waals surface area (Å²) in [6.07, 6.45) is 1.99. The minimum absolute atomic E-state index is 0.0330. The number of nitrogens with one attached hydrogen (secondary N) is 2. The summed E-state index contributed by atoms with van der Waals surface area (Å²) in [5.41, 5.74) is 1.01. The number of benzene rings is 1. The maximum absolute atomic E-state index is 11.9. The lowest BCUT2D eigenvalue weighted by molar-refractivity contribution is -0.122. The van der Waals surface area contributed by atoms with E-state index in [4.69, 9.17) is 4.74 Å². The molecule has 1 aromatic rings. The van der Waals surface area contributed by atoms with Gasteiger partial charge in [-0.2, -0.15) is 0 Å². The van der Waals surface area contributed by atoms with Crippen LogP contribution in [0.2, 0.25) is 0 Å². The van der Waals surface area contributed by atoms with E-state index in [-0.39, 0.29) is 11.9 Å². The van der Waals surface area contributed by atoms with Gasteiger partial charge in [0.05, 0.1) is 13.2 Å². The van der Waals surface area contributed by atoms with Crippen molar-refractivity contribution < 1.29 is 9.53 Å². The van der Waals surface area contributed by atoms with E-state index in [0.717, 1.165) is 35.2 Å². The Morgan fingerprint density at radius 3 is 3.11 bits per heavy atom. The fourth-order valence-corrected chi connectivity index (χ4v) is 2.41. The second-order valence-electron chi connectivity index (χ2n) is 4.32. The quantitative estimate of drug-likeness (QED) is 0.891. The van der Waals surface area contributed by atoms with Crippen molar-refractivity contribution in [1.82, 2.24) is 10.6 Å². The molecular formula is C13H17BrN2O2. The van der Waals surface area contributed by atoms with Gasteiger partial charge in [0.1, 0.15) is 5.75 Å². The molecule has 2 rings (SSSR count). The van der Waals surface area contributed by atoms with Crippen molar-refractivity contribution in [2.24, 2.45) is 0 Å². The molecule has 1 unspecified atom stereocenters. The third-order valence-electron chi connectivity index (χ3n) is 3.08. The number of hydrogen-bond acceptors (Lipinski definition) is 3. The molecule has 1 aliphatic heterocycles. The van der Waals surface area contributed by atoms with E-state index in [2.05, 4.69) is 26.6 Å². The summed E-state index contributed by atoms with van der Waals surface area (Å²) in [6, 6.07) is 5.70. The first-order valence-electron chi connectivity index (χ1n) is 6.04. The van der Waals surface area contributed by atoms with Crippen LogP contribution in [-0.4, -0.2) is 25.6 Å². The maximum atomic E-state index is 11.9. The molecule has 1 heterocycles. The Balaban J connectivity index is 1.94. The molecule has 1 atom stereocenters. The Morgan fingerprint density at radius 1 is 1.61 bits per heavy atom. The Hall–Kier alpha value is -1.07. The van der Waals surface area contributed by atoms with Crippen LogP contribution in [0.15, 0.2) is 22.7 Å². The van der Waals surface area contributed by atoms with Crippen LogP contribution in [0, 0.1) is 0 Å². The van der Waals surface area contributed by atoms with Crippen molar-refractivity contribution in [1.29, 1.82) is 0 Å². The summed E-state index contributed by atoms with van der Waals surface area (Å²) in [4.78, 5) is 11.9. The number of methoxy groups -OCH3 is 1. The van der Waals surface area contributed by atoms with E-state index in [9.17, 15) is 4.79 Å². The van der Waals surface area contributed by atoms with Crippen LogP contribution >= 0.6 is 15.9 Å². The molecule has 0 aromatic heterocycles. The Kier molecular flexibility index (Phi) is 4.60. The predicted molar refractivity (Wildman–Crippen MR) is 73.6 cm³/mol. The van der Waals surface area contributed by atoms with Gasteiger partial charge in [-0.1, -0.05) is 15.9 Å². The molecule has 0 bridgehead atoms. The lowest BCUT2D eigenvalue weighted by atomic mass is 10.2. The summed E-state index contributed by atoms with van der Waals surface area (Å²) in [5, 5.41) is 6.13. The highest BCUT2D eigenvalue weighted by molar-refractivity contribution is 9.10. The Bertz CT molecular complexity index is 431. The molecule has 1 aromatic carbocycles. The minimum atomic E-state index is -0.0330. The molecular weight excluding hydrogens is 296 g/mol. The first-order valence-corrected chi connectivity index (χ1v) is 6.83. The van der Waals surface area contributed by atoms with Crippen molar-refractivity contribution in [3.05, 3.63) is 28.2 Å². The van der Waals surface area contributed by atoms with Crippen LogP contribution in [-0.2, 0) is 11.3 Å².